The largest absolute Gasteiger partial charge is 0.490 e. The first kappa shape index (κ1) is 29.8. The summed E-state index contributed by atoms with van der Waals surface area (Å²) in [7, 11) is 0. The number of hydrogen-bond acceptors (Lipinski definition) is 7. The molecule has 0 bridgehead atoms. The number of carboxylic acid groups (broad SMARTS) is 1. The predicted molar refractivity (Wildman–Crippen MR) is 168 cm³/mol. The number of hydrogen-bond donors (Lipinski definition) is 2. The Bertz CT molecular complexity index is 1450. The van der Waals surface area contributed by atoms with E-state index < -0.39 is 0 Å². The highest BCUT2D eigenvalue weighted by molar-refractivity contribution is 7.20. The number of ether oxygens (including phenoxy) is 1. The van der Waals surface area contributed by atoms with Crippen LogP contribution in [0.5, 0.6) is 5.75 Å². The zero-order valence-corrected chi connectivity index (χ0v) is 24.9. The average molecular weight is 607 g/mol. The molecule has 0 saturated carbocycles. The lowest BCUT2D eigenvalue weighted by atomic mass is 10.0. The molecule has 1 amide bonds. The van der Waals surface area contributed by atoms with Crippen molar-refractivity contribution in [1.82, 2.24) is 15.2 Å². The first-order valence-corrected chi connectivity index (χ1v) is 15.4. The van der Waals surface area contributed by atoms with Crippen molar-refractivity contribution in [2.45, 2.75) is 44.4 Å². The number of nitrogens with zero attached hydrogens (tertiary/aromatic N) is 3. The van der Waals surface area contributed by atoms with E-state index in [1.807, 2.05) is 36.7 Å². The van der Waals surface area contributed by atoms with Crippen molar-refractivity contribution in [3.8, 4) is 5.75 Å². The normalized spacial score (nSPS) is 16.5. The smallest absolute Gasteiger partial charge is 0.290 e. The zero-order chi connectivity index (χ0) is 29.3. The third kappa shape index (κ3) is 8.00. The average Bonchev–Trinajstić information content (AvgIpc) is 3.44. The van der Waals surface area contributed by atoms with Crippen molar-refractivity contribution in [1.29, 1.82) is 0 Å². The van der Waals surface area contributed by atoms with Crippen molar-refractivity contribution in [3.63, 3.8) is 0 Å². The molecule has 220 valence electrons. The minimum Gasteiger partial charge on any atom is -0.490 e. The van der Waals surface area contributed by atoms with Crippen LogP contribution in [-0.2, 0) is 11.3 Å². The number of thiophene rings is 1. The molecular weight excluding hydrogens is 572 g/mol. The monoisotopic (exact) mass is 606 g/mol. The fourth-order valence-electron chi connectivity index (χ4n) is 5.52. The van der Waals surface area contributed by atoms with Gasteiger partial charge in [-0.3, -0.25) is 19.5 Å². The number of anilines is 1. The van der Waals surface area contributed by atoms with Gasteiger partial charge < -0.3 is 20.1 Å². The van der Waals surface area contributed by atoms with E-state index in [1.54, 1.807) is 11.3 Å². The Kier molecular flexibility index (Phi) is 10.3. The van der Waals surface area contributed by atoms with Gasteiger partial charge in [0.15, 0.2) is 0 Å². The summed E-state index contributed by atoms with van der Waals surface area (Å²) in [5.41, 5.74) is 2.49. The molecule has 0 atom stereocenters. The van der Waals surface area contributed by atoms with Crippen LogP contribution in [0.2, 0.25) is 5.02 Å². The molecule has 8 nitrogen and oxygen atoms in total. The van der Waals surface area contributed by atoms with Gasteiger partial charge in [0.05, 0.1) is 4.88 Å². The maximum Gasteiger partial charge on any atom is 0.290 e. The van der Waals surface area contributed by atoms with Crippen LogP contribution < -0.4 is 15.0 Å². The minimum absolute atomic E-state index is 0.0285. The second-order valence-electron chi connectivity index (χ2n) is 10.6. The molecule has 2 aliphatic heterocycles. The molecule has 0 aliphatic carbocycles. The molecular formula is C32H35ClN4O4S. The number of aromatic nitrogens is 1. The van der Waals surface area contributed by atoms with Crippen LogP contribution in [0.25, 0.3) is 10.1 Å². The van der Waals surface area contributed by atoms with E-state index in [-0.39, 0.29) is 24.5 Å². The first-order chi connectivity index (χ1) is 20.5. The van der Waals surface area contributed by atoms with Crippen LogP contribution >= 0.6 is 22.9 Å². The summed E-state index contributed by atoms with van der Waals surface area (Å²) in [6.45, 7) is 4.57. The number of pyridine rings is 1. The molecule has 2 aromatic carbocycles. The lowest BCUT2D eigenvalue weighted by Crippen LogP contribution is -2.44. The summed E-state index contributed by atoms with van der Waals surface area (Å²) in [6.07, 6.45) is 7.76. The van der Waals surface area contributed by atoms with Gasteiger partial charge in [-0.05, 0) is 84.5 Å². The molecule has 2 fully saturated rings. The zero-order valence-electron chi connectivity index (χ0n) is 23.3. The number of likely N-dealkylation sites (tertiary alicyclic amines) is 1. The standard InChI is InChI=1S/C31H33ClN4O2S.CH2O2/c32-24-1-3-26(4-2-24)36-17-11-27(12-18-36)38-28-5-6-29-23(19-28)20-30(39-29)31(37)34-25-9-15-35(16-10-25)21-22-7-13-33-14-8-22;2-1-3/h1-8,13-14,19-20,25,27H,9-12,15-18,21H2,(H,34,37);1H,(H,2,3). The lowest BCUT2D eigenvalue weighted by molar-refractivity contribution is -0.122. The molecule has 10 heteroatoms. The molecule has 2 aromatic heterocycles. The van der Waals surface area contributed by atoms with Gasteiger partial charge in [0.2, 0.25) is 0 Å². The third-order valence-corrected chi connectivity index (χ3v) is 9.09. The van der Waals surface area contributed by atoms with E-state index >= 15 is 0 Å². The Balaban J connectivity index is 0.00000113. The molecule has 0 radical (unpaired) electrons. The second kappa shape index (κ2) is 14.5. The number of halogens is 1. The Morgan fingerprint density at radius 1 is 1.00 bits per heavy atom. The number of fused-ring (bicyclic) bond motifs is 1. The summed E-state index contributed by atoms with van der Waals surface area (Å²) in [6, 6.07) is 20.6. The van der Waals surface area contributed by atoms with Crippen molar-refractivity contribution in [2.24, 2.45) is 0 Å². The van der Waals surface area contributed by atoms with Crippen LogP contribution in [0, 0.1) is 0 Å². The van der Waals surface area contributed by atoms with E-state index in [2.05, 4.69) is 56.5 Å². The topological polar surface area (TPSA) is 95.0 Å². The molecule has 0 spiro atoms. The van der Waals surface area contributed by atoms with Crippen LogP contribution in [0.15, 0.2) is 73.1 Å². The van der Waals surface area contributed by atoms with Gasteiger partial charge in [-0.15, -0.1) is 11.3 Å². The maximum absolute atomic E-state index is 13.1. The van der Waals surface area contributed by atoms with Crippen LogP contribution in [0.4, 0.5) is 5.69 Å². The summed E-state index contributed by atoms with van der Waals surface area (Å²) in [4.78, 5) is 31.1. The molecule has 6 rings (SSSR count). The van der Waals surface area contributed by atoms with Gasteiger partial charge in [0.25, 0.3) is 12.4 Å². The Morgan fingerprint density at radius 2 is 1.69 bits per heavy atom. The lowest BCUT2D eigenvalue weighted by Gasteiger charge is -2.33. The fraction of sp³-hybridized carbons (Fsp3) is 0.344. The summed E-state index contributed by atoms with van der Waals surface area (Å²) in [5, 5.41) is 12.0. The van der Waals surface area contributed by atoms with Crippen molar-refractivity contribution >= 4 is 51.1 Å². The van der Waals surface area contributed by atoms with E-state index in [0.29, 0.717) is 0 Å². The van der Waals surface area contributed by atoms with Gasteiger partial charge in [0, 0.05) is 79.4 Å². The van der Waals surface area contributed by atoms with Gasteiger partial charge in [0.1, 0.15) is 11.9 Å². The molecule has 2 aliphatic rings. The van der Waals surface area contributed by atoms with Crippen molar-refractivity contribution in [3.05, 3.63) is 88.5 Å². The van der Waals surface area contributed by atoms with Gasteiger partial charge in [-0.25, -0.2) is 0 Å². The summed E-state index contributed by atoms with van der Waals surface area (Å²) in [5.74, 6) is 0.902. The predicted octanol–water partition coefficient (Wildman–Crippen LogP) is 6.09. The molecule has 4 aromatic rings. The Labute approximate surface area is 254 Å². The Hall–Kier alpha value is -3.66. The fourth-order valence-corrected chi connectivity index (χ4v) is 6.59. The van der Waals surface area contributed by atoms with E-state index in [0.717, 1.165) is 84.1 Å². The van der Waals surface area contributed by atoms with E-state index in [9.17, 15) is 4.79 Å². The van der Waals surface area contributed by atoms with E-state index in [1.165, 1.54) is 11.3 Å². The van der Waals surface area contributed by atoms with Crippen molar-refractivity contribution < 1.29 is 19.4 Å². The van der Waals surface area contributed by atoms with Gasteiger partial charge >= 0.3 is 0 Å². The number of benzene rings is 2. The number of amides is 1. The molecule has 2 saturated heterocycles. The number of carbonyl (C=O) groups excluding carboxylic acids is 1. The maximum atomic E-state index is 13.1. The summed E-state index contributed by atoms with van der Waals surface area (Å²) >= 11 is 7.58. The quantitative estimate of drug-likeness (QED) is 0.246. The first-order valence-electron chi connectivity index (χ1n) is 14.2. The SMILES string of the molecule is O=C(NC1CCN(Cc2ccncc2)CC1)c1cc2cc(OC3CCN(c4ccc(Cl)cc4)CC3)ccc2s1.O=CO. The van der Waals surface area contributed by atoms with E-state index in [4.69, 9.17) is 26.2 Å². The van der Waals surface area contributed by atoms with Crippen LogP contribution in [-0.4, -0.2) is 65.7 Å². The minimum atomic E-state index is -0.250. The number of rotatable bonds is 7. The Morgan fingerprint density at radius 3 is 2.38 bits per heavy atom. The highest BCUT2D eigenvalue weighted by Crippen LogP contribution is 2.31. The number of carbonyl (C=O) groups is 2. The molecule has 42 heavy (non-hydrogen) atoms. The number of nitrogens with one attached hydrogen (secondary N) is 1. The van der Waals surface area contributed by atoms with Crippen LogP contribution in [0.3, 0.4) is 0 Å². The highest BCUT2D eigenvalue weighted by atomic mass is 35.5. The van der Waals surface area contributed by atoms with Crippen LogP contribution in [0.1, 0.15) is 40.9 Å². The third-order valence-electron chi connectivity index (χ3n) is 7.73. The summed E-state index contributed by atoms with van der Waals surface area (Å²) < 4.78 is 7.47. The molecule has 0 unspecified atom stereocenters. The highest BCUT2D eigenvalue weighted by Gasteiger charge is 2.23. The number of piperidine rings is 2. The van der Waals surface area contributed by atoms with Gasteiger partial charge in [-0.1, -0.05) is 11.6 Å². The molecule has 2 N–H and O–H groups in total. The molecule has 4 heterocycles. The van der Waals surface area contributed by atoms with Gasteiger partial charge in [-0.2, -0.15) is 0 Å². The second-order valence-corrected chi connectivity index (χ2v) is 12.1. The van der Waals surface area contributed by atoms with Crippen molar-refractivity contribution in [2.75, 3.05) is 31.1 Å².